The molecule has 0 bridgehead atoms. The van der Waals surface area contributed by atoms with Gasteiger partial charge in [0.15, 0.2) is 0 Å². The molecule has 0 saturated carbocycles. The molecule has 2 saturated heterocycles. The Labute approximate surface area is 163 Å². The molecule has 3 rings (SSSR count). The summed E-state index contributed by atoms with van der Waals surface area (Å²) in [7, 11) is 3.52. The molecule has 27 heavy (non-hydrogen) atoms. The quantitative estimate of drug-likeness (QED) is 0.688. The minimum atomic E-state index is 0.0248. The number of carbonyl (C=O) groups is 1. The van der Waals surface area contributed by atoms with Crippen LogP contribution in [0.1, 0.15) is 36.8 Å². The minimum Gasteiger partial charge on any atom is -0.375 e. The molecule has 1 spiro atoms. The molecule has 1 amide bonds. The second kappa shape index (κ2) is 9.18. The van der Waals surface area contributed by atoms with Crippen LogP contribution in [-0.4, -0.2) is 68.3 Å². The normalized spacial score (nSPS) is 22.3. The number of piperidine rings is 1. The van der Waals surface area contributed by atoms with E-state index in [1.165, 1.54) is 11.1 Å². The van der Waals surface area contributed by atoms with Crippen molar-refractivity contribution in [2.45, 2.75) is 44.8 Å². The van der Waals surface area contributed by atoms with Crippen LogP contribution in [0.2, 0.25) is 0 Å². The summed E-state index contributed by atoms with van der Waals surface area (Å²) in [5.74, 6) is 0.574. The number of likely N-dealkylation sites (N-methyl/N-ethyl adjacent to an activating group) is 1. The lowest BCUT2D eigenvalue weighted by Crippen LogP contribution is -2.47. The molecule has 1 aromatic carbocycles. The van der Waals surface area contributed by atoms with Gasteiger partial charge in [0, 0.05) is 46.9 Å². The SMILES string of the molecule is Cc1ccc(CN2CCC3(CC2)OCC[C@H]3CCOCC(=O)N(C)C)cc1. The fourth-order valence-electron chi connectivity index (χ4n) is 4.30. The first-order chi connectivity index (χ1) is 13.0. The average molecular weight is 375 g/mol. The zero-order valence-electron chi connectivity index (χ0n) is 17.1. The molecule has 5 heteroatoms. The van der Waals surface area contributed by atoms with E-state index in [9.17, 15) is 4.79 Å². The van der Waals surface area contributed by atoms with Gasteiger partial charge in [-0.25, -0.2) is 0 Å². The van der Waals surface area contributed by atoms with Gasteiger partial charge in [-0.3, -0.25) is 9.69 Å². The van der Waals surface area contributed by atoms with Crippen molar-refractivity contribution in [3.63, 3.8) is 0 Å². The van der Waals surface area contributed by atoms with E-state index in [2.05, 4.69) is 36.1 Å². The molecule has 0 unspecified atom stereocenters. The van der Waals surface area contributed by atoms with Crippen LogP contribution in [0.3, 0.4) is 0 Å². The molecule has 0 aromatic heterocycles. The third-order valence-corrected chi connectivity index (χ3v) is 6.16. The van der Waals surface area contributed by atoms with E-state index in [1.807, 2.05) is 0 Å². The van der Waals surface area contributed by atoms with E-state index in [0.717, 1.165) is 51.9 Å². The van der Waals surface area contributed by atoms with Crippen molar-refractivity contribution < 1.29 is 14.3 Å². The number of aryl methyl sites for hydroxylation is 1. The van der Waals surface area contributed by atoms with Gasteiger partial charge in [-0.2, -0.15) is 0 Å². The van der Waals surface area contributed by atoms with Gasteiger partial charge in [0.2, 0.25) is 5.91 Å². The van der Waals surface area contributed by atoms with Crippen molar-refractivity contribution in [3.05, 3.63) is 35.4 Å². The molecule has 2 heterocycles. The number of hydrogen-bond acceptors (Lipinski definition) is 4. The largest absolute Gasteiger partial charge is 0.375 e. The molecule has 150 valence electrons. The number of benzene rings is 1. The topological polar surface area (TPSA) is 42.0 Å². The number of likely N-dealkylation sites (tertiary alicyclic amines) is 1. The van der Waals surface area contributed by atoms with Crippen LogP contribution in [0.5, 0.6) is 0 Å². The Kier molecular flexibility index (Phi) is 6.90. The zero-order valence-corrected chi connectivity index (χ0v) is 17.1. The summed E-state index contributed by atoms with van der Waals surface area (Å²) in [5, 5.41) is 0. The fraction of sp³-hybridized carbons (Fsp3) is 0.682. The van der Waals surface area contributed by atoms with Crippen LogP contribution in [0.4, 0.5) is 0 Å². The van der Waals surface area contributed by atoms with Crippen molar-refractivity contribution in [2.24, 2.45) is 5.92 Å². The predicted octanol–water partition coefficient (Wildman–Crippen LogP) is 2.86. The number of rotatable bonds is 7. The van der Waals surface area contributed by atoms with Crippen LogP contribution in [-0.2, 0) is 20.8 Å². The zero-order chi connectivity index (χ0) is 19.3. The molecule has 0 aliphatic carbocycles. The first kappa shape index (κ1) is 20.3. The Morgan fingerprint density at radius 1 is 1.26 bits per heavy atom. The highest BCUT2D eigenvalue weighted by atomic mass is 16.5. The van der Waals surface area contributed by atoms with Gasteiger partial charge in [-0.1, -0.05) is 29.8 Å². The maximum absolute atomic E-state index is 11.6. The van der Waals surface area contributed by atoms with Crippen molar-refractivity contribution in [1.29, 1.82) is 0 Å². The highest BCUT2D eigenvalue weighted by Crippen LogP contribution is 2.42. The summed E-state index contributed by atoms with van der Waals surface area (Å²) in [6.45, 7) is 7.01. The monoisotopic (exact) mass is 374 g/mol. The lowest BCUT2D eigenvalue weighted by atomic mass is 9.78. The van der Waals surface area contributed by atoms with Crippen LogP contribution < -0.4 is 0 Å². The summed E-state index contributed by atoms with van der Waals surface area (Å²) in [6, 6.07) is 8.86. The summed E-state index contributed by atoms with van der Waals surface area (Å²) >= 11 is 0. The van der Waals surface area contributed by atoms with Gasteiger partial charge in [0.1, 0.15) is 6.61 Å². The van der Waals surface area contributed by atoms with E-state index in [1.54, 1.807) is 19.0 Å². The number of carbonyl (C=O) groups excluding carboxylic acids is 1. The summed E-state index contributed by atoms with van der Waals surface area (Å²) in [6.07, 6.45) is 4.29. The van der Waals surface area contributed by atoms with Crippen LogP contribution >= 0.6 is 0 Å². The molecule has 1 aromatic rings. The highest BCUT2D eigenvalue weighted by molar-refractivity contribution is 5.76. The number of nitrogens with zero attached hydrogens (tertiary/aromatic N) is 2. The molecular formula is C22H34N2O3. The van der Waals surface area contributed by atoms with Gasteiger partial charge in [-0.05, 0) is 44.1 Å². The van der Waals surface area contributed by atoms with E-state index >= 15 is 0 Å². The lowest BCUT2D eigenvalue weighted by Gasteiger charge is -2.42. The Bertz CT molecular complexity index is 606. The Balaban J connectivity index is 1.44. The first-order valence-corrected chi connectivity index (χ1v) is 10.2. The number of ether oxygens (including phenoxy) is 2. The van der Waals surface area contributed by atoms with E-state index in [-0.39, 0.29) is 18.1 Å². The third-order valence-electron chi connectivity index (χ3n) is 6.16. The maximum atomic E-state index is 11.6. The lowest BCUT2D eigenvalue weighted by molar-refractivity contribution is -0.133. The van der Waals surface area contributed by atoms with Crippen LogP contribution in [0, 0.1) is 12.8 Å². The van der Waals surface area contributed by atoms with Gasteiger partial charge in [-0.15, -0.1) is 0 Å². The third kappa shape index (κ3) is 5.31. The molecule has 2 aliphatic heterocycles. The van der Waals surface area contributed by atoms with Gasteiger partial charge >= 0.3 is 0 Å². The summed E-state index contributed by atoms with van der Waals surface area (Å²) < 4.78 is 11.9. The van der Waals surface area contributed by atoms with Gasteiger partial charge in [0.25, 0.3) is 0 Å². The molecule has 5 nitrogen and oxygen atoms in total. The standard InChI is InChI=1S/C22H34N2O3/c1-18-4-6-19(7-5-18)16-24-12-10-22(11-13-24)20(9-15-27-22)8-14-26-17-21(25)23(2)3/h4-7,20H,8-17H2,1-3H3/t20-/m1/s1. The van der Waals surface area contributed by atoms with Gasteiger partial charge in [0.05, 0.1) is 5.60 Å². The smallest absolute Gasteiger partial charge is 0.248 e. The van der Waals surface area contributed by atoms with Crippen molar-refractivity contribution >= 4 is 5.91 Å². The Morgan fingerprint density at radius 2 is 1.96 bits per heavy atom. The first-order valence-electron chi connectivity index (χ1n) is 10.2. The van der Waals surface area contributed by atoms with Crippen molar-refractivity contribution in [1.82, 2.24) is 9.80 Å². The number of hydrogen-bond donors (Lipinski definition) is 0. The molecule has 2 fully saturated rings. The minimum absolute atomic E-state index is 0.0248. The van der Waals surface area contributed by atoms with E-state index < -0.39 is 0 Å². The average Bonchev–Trinajstić information content (AvgIpc) is 3.04. The fourth-order valence-corrected chi connectivity index (χ4v) is 4.30. The van der Waals surface area contributed by atoms with Gasteiger partial charge < -0.3 is 14.4 Å². The molecule has 0 radical (unpaired) electrons. The molecule has 2 aliphatic rings. The summed E-state index contributed by atoms with van der Waals surface area (Å²) in [5.41, 5.74) is 2.73. The Hall–Kier alpha value is -1.43. The van der Waals surface area contributed by atoms with E-state index in [0.29, 0.717) is 12.5 Å². The van der Waals surface area contributed by atoms with Crippen molar-refractivity contribution in [3.8, 4) is 0 Å². The maximum Gasteiger partial charge on any atom is 0.248 e. The van der Waals surface area contributed by atoms with Crippen molar-refractivity contribution in [2.75, 3.05) is 47.0 Å². The predicted molar refractivity (Wildman–Crippen MR) is 107 cm³/mol. The van der Waals surface area contributed by atoms with E-state index in [4.69, 9.17) is 9.47 Å². The van der Waals surface area contributed by atoms with Crippen LogP contribution in [0.15, 0.2) is 24.3 Å². The molecular weight excluding hydrogens is 340 g/mol. The summed E-state index contributed by atoms with van der Waals surface area (Å²) in [4.78, 5) is 15.7. The molecule has 0 N–H and O–H groups in total. The van der Waals surface area contributed by atoms with Crippen LogP contribution in [0.25, 0.3) is 0 Å². The highest BCUT2D eigenvalue weighted by Gasteiger charge is 2.45. The second-order valence-corrected chi connectivity index (χ2v) is 8.29. The Morgan fingerprint density at radius 3 is 2.63 bits per heavy atom. The second-order valence-electron chi connectivity index (χ2n) is 8.29. The molecule has 1 atom stereocenters. The number of amides is 1.